The average Bonchev–Trinajstić information content (AvgIpc) is 2.75. The normalized spacial score (nSPS) is 11.8. The summed E-state index contributed by atoms with van der Waals surface area (Å²) < 4.78 is 0. The second-order valence-corrected chi connectivity index (χ2v) is 5.13. The van der Waals surface area contributed by atoms with Crippen molar-refractivity contribution in [3.8, 4) is 10.4 Å². The van der Waals surface area contributed by atoms with Gasteiger partial charge in [0.15, 0.2) is 0 Å². The van der Waals surface area contributed by atoms with Crippen LogP contribution in [0.3, 0.4) is 0 Å². The summed E-state index contributed by atoms with van der Waals surface area (Å²) in [6.07, 6.45) is 3.20. The van der Waals surface area contributed by atoms with Gasteiger partial charge in [-0.1, -0.05) is 29.8 Å². The lowest BCUT2D eigenvalue weighted by atomic mass is 10.0. The minimum atomic E-state index is 1.03. The summed E-state index contributed by atoms with van der Waals surface area (Å²) in [6.45, 7) is 6.33. The Hall–Kier alpha value is -1.41. The summed E-state index contributed by atoms with van der Waals surface area (Å²) in [5, 5.41) is 0. The maximum atomic E-state index is 4.31. The van der Waals surface area contributed by atoms with Crippen molar-refractivity contribution in [1.82, 2.24) is 4.98 Å². The number of hydrogen-bond acceptors (Lipinski definition) is 2. The van der Waals surface area contributed by atoms with Crippen molar-refractivity contribution < 1.29 is 0 Å². The van der Waals surface area contributed by atoms with Gasteiger partial charge in [-0.05, 0) is 44.4 Å². The minimum absolute atomic E-state index is 1.03. The van der Waals surface area contributed by atoms with E-state index in [-0.39, 0.29) is 0 Å². The number of hydrogen-bond donors (Lipinski definition) is 0. The summed E-state index contributed by atoms with van der Waals surface area (Å²) in [6, 6.07) is 8.75. The van der Waals surface area contributed by atoms with Crippen LogP contribution in [0.1, 0.15) is 25.1 Å². The fraction of sp³-hybridized carbons (Fsp3) is 0.267. The molecule has 1 nitrogen and oxygen atoms in total. The summed E-state index contributed by atoms with van der Waals surface area (Å²) in [5.74, 6) is 0. The van der Waals surface area contributed by atoms with E-state index >= 15 is 0 Å². The van der Waals surface area contributed by atoms with Gasteiger partial charge in [0.25, 0.3) is 0 Å². The van der Waals surface area contributed by atoms with Gasteiger partial charge in [0.2, 0.25) is 0 Å². The van der Waals surface area contributed by atoms with Crippen LogP contribution >= 0.6 is 11.3 Å². The number of aromatic nitrogens is 1. The highest BCUT2D eigenvalue weighted by atomic mass is 32.1. The lowest BCUT2D eigenvalue weighted by Gasteiger charge is -2.04. The molecule has 2 rings (SSSR count). The van der Waals surface area contributed by atoms with Gasteiger partial charge in [0, 0.05) is 0 Å². The standard InChI is InChI=1S/C15H17NS/c1-4-11(2)8-13-6-5-7-14(9-13)15-12(3)16-10-17-15/h4-7,9-10H,8H2,1-3H3/b11-4+. The van der Waals surface area contributed by atoms with Crippen molar-refractivity contribution in [1.29, 1.82) is 0 Å². The van der Waals surface area contributed by atoms with Gasteiger partial charge in [-0.2, -0.15) is 0 Å². The van der Waals surface area contributed by atoms with E-state index in [1.807, 2.05) is 5.51 Å². The number of benzene rings is 1. The van der Waals surface area contributed by atoms with Crippen molar-refractivity contribution in [2.75, 3.05) is 0 Å². The Labute approximate surface area is 107 Å². The maximum Gasteiger partial charge on any atom is 0.0801 e. The minimum Gasteiger partial charge on any atom is -0.249 e. The monoisotopic (exact) mass is 243 g/mol. The largest absolute Gasteiger partial charge is 0.249 e. The number of allylic oxidation sites excluding steroid dienone is 2. The molecule has 17 heavy (non-hydrogen) atoms. The molecule has 1 aromatic carbocycles. The Balaban J connectivity index is 2.32. The average molecular weight is 243 g/mol. The predicted molar refractivity (Wildman–Crippen MR) is 75.4 cm³/mol. The number of nitrogens with zero attached hydrogens (tertiary/aromatic N) is 1. The second-order valence-electron chi connectivity index (χ2n) is 4.28. The molecule has 0 bridgehead atoms. The highest BCUT2D eigenvalue weighted by molar-refractivity contribution is 7.13. The maximum absolute atomic E-state index is 4.31. The van der Waals surface area contributed by atoms with E-state index < -0.39 is 0 Å². The Morgan fingerprint density at radius 2 is 2.24 bits per heavy atom. The zero-order valence-electron chi connectivity index (χ0n) is 10.5. The lowest BCUT2D eigenvalue weighted by molar-refractivity contribution is 1.13. The molecule has 0 saturated carbocycles. The number of thiazole rings is 1. The van der Waals surface area contributed by atoms with Crippen LogP contribution in [0.25, 0.3) is 10.4 Å². The molecule has 1 aromatic heterocycles. The van der Waals surface area contributed by atoms with Crippen LogP contribution in [0.5, 0.6) is 0 Å². The Morgan fingerprint density at radius 1 is 1.41 bits per heavy atom. The molecule has 0 saturated heterocycles. The lowest BCUT2D eigenvalue weighted by Crippen LogP contribution is -1.87. The molecule has 0 radical (unpaired) electrons. The molecule has 88 valence electrons. The summed E-state index contributed by atoms with van der Waals surface area (Å²) >= 11 is 1.71. The molecule has 0 N–H and O–H groups in total. The predicted octanol–water partition coefficient (Wildman–Crippen LogP) is 4.63. The summed E-state index contributed by atoms with van der Waals surface area (Å²) in [7, 11) is 0. The Morgan fingerprint density at radius 3 is 2.88 bits per heavy atom. The highest BCUT2D eigenvalue weighted by Crippen LogP contribution is 2.28. The third-order valence-electron chi connectivity index (χ3n) is 2.91. The van der Waals surface area contributed by atoms with Gasteiger partial charge in [-0.15, -0.1) is 11.3 Å². The smallest absolute Gasteiger partial charge is 0.0801 e. The Bertz CT molecular complexity index is 537. The molecular weight excluding hydrogens is 226 g/mol. The van der Waals surface area contributed by atoms with E-state index in [1.165, 1.54) is 21.6 Å². The van der Waals surface area contributed by atoms with Gasteiger partial charge < -0.3 is 0 Å². The van der Waals surface area contributed by atoms with Crippen LogP contribution in [0.2, 0.25) is 0 Å². The van der Waals surface area contributed by atoms with Crippen molar-refractivity contribution in [2.24, 2.45) is 0 Å². The van der Waals surface area contributed by atoms with Gasteiger partial charge >= 0.3 is 0 Å². The third kappa shape index (κ3) is 2.83. The first-order valence-corrected chi connectivity index (χ1v) is 6.70. The molecule has 0 atom stereocenters. The van der Waals surface area contributed by atoms with Crippen molar-refractivity contribution >= 4 is 11.3 Å². The van der Waals surface area contributed by atoms with Crippen LogP contribution in [0.4, 0.5) is 0 Å². The molecule has 1 heterocycles. The van der Waals surface area contributed by atoms with Crippen molar-refractivity contribution in [3.05, 3.63) is 52.7 Å². The van der Waals surface area contributed by atoms with Crippen molar-refractivity contribution in [3.63, 3.8) is 0 Å². The summed E-state index contributed by atoms with van der Waals surface area (Å²) in [5.41, 5.74) is 7.09. The summed E-state index contributed by atoms with van der Waals surface area (Å²) in [4.78, 5) is 5.59. The molecule has 2 aromatic rings. The van der Waals surface area contributed by atoms with E-state index in [0.29, 0.717) is 0 Å². The Kier molecular flexibility index (Phi) is 3.75. The van der Waals surface area contributed by atoms with E-state index in [4.69, 9.17) is 0 Å². The van der Waals surface area contributed by atoms with E-state index in [0.717, 1.165) is 12.1 Å². The fourth-order valence-corrected chi connectivity index (χ4v) is 2.63. The number of rotatable bonds is 3. The second kappa shape index (κ2) is 5.28. The zero-order valence-corrected chi connectivity index (χ0v) is 11.3. The van der Waals surface area contributed by atoms with Gasteiger partial charge in [-0.3, -0.25) is 0 Å². The van der Waals surface area contributed by atoms with Crippen LogP contribution in [0, 0.1) is 6.92 Å². The molecule has 0 aliphatic heterocycles. The SMILES string of the molecule is C/C=C(\C)Cc1cccc(-c2scnc2C)c1. The number of aryl methyl sites for hydroxylation is 1. The molecule has 0 aliphatic carbocycles. The molecule has 0 spiro atoms. The van der Waals surface area contributed by atoms with E-state index in [9.17, 15) is 0 Å². The van der Waals surface area contributed by atoms with Crippen molar-refractivity contribution in [2.45, 2.75) is 27.2 Å². The molecule has 0 unspecified atom stereocenters. The van der Waals surface area contributed by atoms with Gasteiger partial charge in [0.1, 0.15) is 0 Å². The molecule has 2 heteroatoms. The first kappa shape index (κ1) is 12.1. The fourth-order valence-electron chi connectivity index (χ4n) is 1.83. The van der Waals surface area contributed by atoms with Crippen LogP contribution in [-0.2, 0) is 6.42 Å². The van der Waals surface area contributed by atoms with E-state index in [1.54, 1.807) is 11.3 Å². The molecule has 0 aliphatic rings. The molecule has 0 amide bonds. The third-order valence-corrected chi connectivity index (χ3v) is 3.89. The zero-order chi connectivity index (χ0) is 12.3. The molecular formula is C15H17NS. The van der Waals surface area contributed by atoms with Crippen LogP contribution in [-0.4, -0.2) is 4.98 Å². The van der Waals surface area contributed by atoms with Gasteiger partial charge in [0.05, 0.1) is 16.1 Å². The first-order chi connectivity index (χ1) is 8.20. The quantitative estimate of drug-likeness (QED) is 0.716. The molecule has 0 fully saturated rings. The first-order valence-electron chi connectivity index (χ1n) is 5.82. The topological polar surface area (TPSA) is 12.9 Å². The van der Waals surface area contributed by atoms with Crippen LogP contribution < -0.4 is 0 Å². The van der Waals surface area contributed by atoms with Crippen LogP contribution in [0.15, 0.2) is 41.4 Å². The highest BCUT2D eigenvalue weighted by Gasteiger charge is 2.05. The van der Waals surface area contributed by atoms with Gasteiger partial charge in [-0.25, -0.2) is 4.98 Å². The van der Waals surface area contributed by atoms with E-state index in [2.05, 4.69) is 56.1 Å².